The number of anilines is 2. The molecule has 0 spiro atoms. The molecule has 2 amide bonds. The lowest BCUT2D eigenvalue weighted by Crippen LogP contribution is -2.48. The molecule has 10 heteroatoms. The number of benzene rings is 2. The molecule has 1 fully saturated rings. The van der Waals surface area contributed by atoms with Crippen LogP contribution in [0.15, 0.2) is 64.8 Å². The molecular formula is C28H30FN7O2. The number of piperazine rings is 1. The molecule has 2 aromatic carbocycles. The predicted molar refractivity (Wildman–Crippen MR) is 146 cm³/mol. The van der Waals surface area contributed by atoms with Crippen LogP contribution in [0.25, 0.3) is 11.3 Å². The van der Waals surface area contributed by atoms with Gasteiger partial charge in [0, 0.05) is 56.1 Å². The van der Waals surface area contributed by atoms with Gasteiger partial charge in [0.15, 0.2) is 6.17 Å². The molecule has 0 bridgehead atoms. The Labute approximate surface area is 220 Å². The zero-order valence-electron chi connectivity index (χ0n) is 21.6. The van der Waals surface area contributed by atoms with Crippen LogP contribution in [0.5, 0.6) is 0 Å². The van der Waals surface area contributed by atoms with Crippen LogP contribution in [0.2, 0.25) is 0 Å². The largest absolute Gasteiger partial charge is 0.368 e. The van der Waals surface area contributed by atoms with Gasteiger partial charge in [0.05, 0.1) is 23.9 Å². The van der Waals surface area contributed by atoms with E-state index in [1.807, 2.05) is 47.6 Å². The summed E-state index contributed by atoms with van der Waals surface area (Å²) in [4.78, 5) is 42.3. The fraction of sp³-hybridized carbons (Fsp3) is 0.321. The number of aromatic nitrogens is 2. The highest BCUT2D eigenvalue weighted by molar-refractivity contribution is 6.63. The van der Waals surface area contributed by atoms with Gasteiger partial charge in [-0.3, -0.25) is 14.6 Å². The Hall–Kier alpha value is -4.34. The average Bonchev–Trinajstić information content (AvgIpc) is 3.57. The Balaban J connectivity index is 1.29. The van der Waals surface area contributed by atoms with E-state index in [4.69, 9.17) is 0 Å². The van der Waals surface area contributed by atoms with Gasteiger partial charge in [0.1, 0.15) is 11.5 Å². The van der Waals surface area contributed by atoms with Gasteiger partial charge in [0.25, 0.3) is 5.91 Å². The van der Waals surface area contributed by atoms with E-state index in [0.29, 0.717) is 24.5 Å². The first kappa shape index (κ1) is 25.3. The summed E-state index contributed by atoms with van der Waals surface area (Å²) in [7, 11) is 0. The zero-order chi connectivity index (χ0) is 26.8. The molecule has 3 heterocycles. The van der Waals surface area contributed by atoms with Crippen LogP contribution in [-0.4, -0.2) is 64.4 Å². The highest BCUT2D eigenvalue weighted by atomic mass is 19.1. The highest BCUT2D eigenvalue weighted by Crippen LogP contribution is 2.33. The lowest BCUT2D eigenvalue weighted by atomic mass is 10.1. The van der Waals surface area contributed by atoms with Crippen LogP contribution in [0.1, 0.15) is 38.7 Å². The molecule has 5 rings (SSSR count). The number of carbonyl (C=O) groups excluding carboxylic acids is 2. The van der Waals surface area contributed by atoms with Gasteiger partial charge in [-0.25, -0.2) is 14.4 Å². The fourth-order valence-electron chi connectivity index (χ4n) is 4.69. The third-order valence-electron chi connectivity index (χ3n) is 6.80. The van der Waals surface area contributed by atoms with Crippen LogP contribution in [-0.2, 0) is 9.59 Å². The van der Waals surface area contributed by atoms with Crippen molar-refractivity contribution in [1.29, 1.82) is 0 Å². The van der Waals surface area contributed by atoms with Crippen molar-refractivity contribution in [3.8, 4) is 11.3 Å². The number of hydrogen-bond acceptors (Lipinski definition) is 6. The van der Waals surface area contributed by atoms with Crippen LogP contribution in [0.4, 0.5) is 15.8 Å². The number of rotatable bonds is 6. The quantitative estimate of drug-likeness (QED) is 0.535. The SMILES string of the molecule is CC(=O)N1CCN(c2ccc(NC(=O)C3=NC(c4c(-c5ccc(F)cc5)ncn4C(C)C)N=C3)cc2)CC1. The molecule has 1 atom stereocenters. The minimum Gasteiger partial charge on any atom is -0.368 e. The summed E-state index contributed by atoms with van der Waals surface area (Å²) < 4.78 is 15.5. The number of carbonyl (C=O) groups is 2. The van der Waals surface area contributed by atoms with Crippen molar-refractivity contribution < 1.29 is 14.0 Å². The molecular weight excluding hydrogens is 485 g/mol. The number of aliphatic imine (C=N–C) groups is 2. The first-order valence-corrected chi connectivity index (χ1v) is 12.7. The van der Waals surface area contributed by atoms with Gasteiger partial charge in [-0.2, -0.15) is 0 Å². The molecule has 0 aliphatic carbocycles. The summed E-state index contributed by atoms with van der Waals surface area (Å²) in [5.41, 5.74) is 4.08. The summed E-state index contributed by atoms with van der Waals surface area (Å²) in [6, 6.07) is 13.9. The minimum atomic E-state index is -0.628. The smallest absolute Gasteiger partial charge is 0.275 e. The van der Waals surface area contributed by atoms with Crippen molar-refractivity contribution in [2.24, 2.45) is 9.98 Å². The van der Waals surface area contributed by atoms with E-state index in [1.165, 1.54) is 18.3 Å². The standard InChI is InChI=1S/C28H30FN7O2/c1-18(2)36-17-31-25(20-4-6-21(29)7-5-20)26(36)27-30-16-24(33-27)28(38)32-22-8-10-23(11-9-22)35-14-12-34(13-15-35)19(3)37/h4-11,16-18,27H,12-15H2,1-3H3,(H,32,38). The minimum absolute atomic E-state index is 0.0962. The molecule has 9 nitrogen and oxygen atoms in total. The molecule has 3 aromatic rings. The summed E-state index contributed by atoms with van der Waals surface area (Å²) >= 11 is 0. The summed E-state index contributed by atoms with van der Waals surface area (Å²) in [6.45, 7) is 8.60. The van der Waals surface area contributed by atoms with E-state index >= 15 is 0 Å². The van der Waals surface area contributed by atoms with E-state index in [-0.39, 0.29) is 29.4 Å². The van der Waals surface area contributed by atoms with Crippen molar-refractivity contribution in [2.45, 2.75) is 33.0 Å². The number of halogens is 1. The van der Waals surface area contributed by atoms with Gasteiger partial charge in [-0.15, -0.1) is 0 Å². The Morgan fingerprint density at radius 3 is 2.32 bits per heavy atom. The normalized spacial score (nSPS) is 17.2. The van der Waals surface area contributed by atoms with Crippen LogP contribution in [0.3, 0.4) is 0 Å². The Morgan fingerprint density at radius 2 is 1.68 bits per heavy atom. The zero-order valence-corrected chi connectivity index (χ0v) is 21.6. The van der Waals surface area contributed by atoms with Crippen LogP contribution < -0.4 is 10.2 Å². The van der Waals surface area contributed by atoms with Gasteiger partial charge < -0.3 is 19.7 Å². The van der Waals surface area contributed by atoms with Crippen molar-refractivity contribution in [2.75, 3.05) is 36.4 Å². The second kappa shape index (κ2) is 10.6. The van der Waals surface area contributed by atoms with E-state index in [9.17, 15) is 14.0 Å². The first-order valence-electron chi connectivity index (χ1n) is 12.7. The lowest BCUT2D eigenvalue weighted by molar-refractivity contribution is -0.129. The maximum Gasteiger partial charge on any atom is 0.275 e. The van der Waals surface area contributed by atoms with E-state index < -0.39 is 6.17 Å². The number of hydrogen-bond donors (Lipinski definition) is 1. The van der Waals surface area contributed by atoms with Gasteiger partial charge in [-0.1, -0.05) is 0 Å². The highest BCUT2D eigenvalue weighted by Gasteiger charge is 2.27. The lowest BCUT2D eigenvalue weighted by Gasteiger charge is -2.35. The van der Waals surface area contributed by atoms with Gasteiger partial charge in [-0.05, 0) is 62.4 Å². The van der Waals surface area contributed by atoms with Crippen molar-refractivity contribution in [3.63, 3.8) is 0 Å². The summed E-state index contributed by atoms with van der Waals surface area (Å²) in [5.74, 6) is -0.570. The third-order valence-corrected chi connectivity index (χ3v) is 6.80. The second-order valence-corrected chi connectivity index (χ2v) is 9.65. The molecule has 2 aliphatic heterocycles. The van der Waals surface area contributed by atoms with Gasteiger partial charge >= 0.3 is 0 Å². The van der Waals surface area contributed by atoms with Crippen molar-refractivity contribution in [1.82, 2.24) is 14.5 Å². The molecule has 1 unspecified atom stereocenters. The third kappa shape index (κ3) is 5.20. The number of amides is 2. The number of nitrogens with one attached hydrogen (secondary N) is 1. The maximum absolute atomic E-state index is 13.5. The molecule has 1 saturated heterocycles. The first-order chi connectivity index (χ1) is 18.3. The van der Waals surface area contributed by atoms with Crippen LogP contribution in [0, 0.1) is 5.82 Å². The number of nitrogens with zero attached hydrogens (tertiary/aromatic N) is 6. The number of imidazole rings is 1. The van der Waals surface area contributed by atoms with E-state index in [0.717, 1.165) is 30.0 Å². The molecule has 0 radical (unpaired) electrons. The average molecular weight is 516 g/mol. The monoisotopic (exact) mass is 515 g/mol. The van der Waals surface area contributed by atoms with Crippen molar-refractivity contribution in [3.05, 3.63) is 66.4 Å². The Kier molecular flexibility index (Phi) is 7.04. The summed E-state index contributed by atoms with van der Waals surface area (Å²) in [5, 5.41) is 2.90. The summed E-state index contributed by atoms with van der Waals surface area (Å²) in [6.07, 6.45) is 2.58. The molecule has 38 heavy (non-hydrogen) atoms. The topological polar surface area (TPSA) is 95.2 Å². The molecule has 0 saturated carbocycles. The van der Waals surface area contributed by atoms with Crippen LogP contribution >= 0.6 is 0 Å². The van der Waals surface area contributed by atoms with E-state index in [2.05, 4.69) is 25.2 Å². The van der Waals surface area contributed by atoms with Gasteiger partial charge in [0.2, 0.25) is 5.91 Å². The molecule has 1 aromatic heterocycles. The maximum atomic E-state index is 13.5. The molecule has 196 valence electrons. The Morgan fingerprint density at radius 1 is 1.00 bits per heavy atom. The van der Waals surface area contributed by atoms with E-state index in [1.54, 1.807) is 25.4 Å². The Bertz CT molecular complexity index is 1390. The van der Waals surface area contributed by atoms with Crippen molar-refractivity contribution >= 4 is 35.1 Å². The molecule has 1 N–H and O–H groups in total. The fourth-order valence-corrected chi connectivity index (χ4v) is 4.69. The molecule has 2 aliphatic rings. The predicted octanol–water partition coefficient (Wildman–Crippen LogP) is 4.10. The second-order valence-electron chi connectivity index (χ2n) is 9.65.